The van der Waals surface area contributed by atoms with Crippen LogP contribution < -0.4 is 5.32 Å². The molecule has 0 radical (unpaired) electrons. The number of anilines is 2. The van der Waals surface area contributed by atoms with Gasteiger partial charge >= 0.3 is 0 Å². The van der Waals surface area contributed by atoms with Gasteiger partial charge in [0.2, 0.25) is 0 Å². The summed E-state index contributed by atoms with van der Waals surface area (Å²) in [6, 6.07) is 3.65. The fourth-order valence-corrected chi connectivity index (χ4v) is 2.12. The Labute approximate surface area is 115 Å². The number of nitrogens with one attached hydrogen (secondary N) is 1. The number of hydrogen-bond donors (Lipinski definition) is 1. The summed E-state index contributed by atoms with van der Waals surface area (Å²) in [5.74, 6) is -1.11. The van der Waals surface area contributed by atoms with Gasteiger partial charge in [-0.15, -0.1) is 0 Å². The molecule has 1 aromatic carbocycles. The number of rotatable bonds is 2. The van der Waals surface area contributed by atoms with Crippen molar-refractivity contribution in [1.82, 2.24) is 14.4 Å². The minimum absolute atomic E-state index is 0.252. The molecule has 0 amide bonds. The first-order valence-corrected chi connectivity index (χ1v) is 6.14. The van der Waals surface area contributed by atoms with Crippen LogP contribution in [0.25, 0.3) is 5.65 Å². The maximum absolute atomic E-state index is 13.6. The first-order chi connectivity index (χ1) is 9.15. The molecular weight excluding hydrogens is 318 g/mol. The standard InChI is InChI=1S/C12H7BrF2N4/c13-9-6-19-5-4-16-12(19)11(17-9)18-10-7(14)2-1-3-8(10)15/h1-6H,(H,17,18). The Hall–Kier alpha value is -2.02. The van der Waals surface area contributed by atoms with Gasteiger partial charge in [0.15, 0.2) is 11.5 Å². The van der Waals surface area contributed by atoms with Gasteiger partial charge in [0.25, 0.3) is 0 Å². The highest BCUT2D eigenvalue weighted by Gasteiger charge is 2.12. The third-order valence-corrected chi connectivity index (χ3v) is 2.93. The van der Waals surface area contributed by atoms with Crippen LogP contribution in [0, 0.1) is 11.6 Å². The Kier molecular flexibility index (Phi) is 2.90. The highest BCUT2D eigenvalue weighted by molar-refractivity contribution is 9.10. The molecule has 0 unspecified atom stereocenters. The van der Waals surface area contributed by atoms with Crippen LogP contribution in [0.4, 0.5) is 20.3 Å². The quantitative estimate of drug-likeness (QED) is 0.784. The van der Waals surface area contributed by atoms with E-state index in [1.54, 1.807) is 23.0 Å². The number of benzene rings is 1. The molecule has 2 aromatic heterocycles. The second-order valence-corrected chi connectivity index (χ2v) is 4.60. The van der Waals surface area contributed by atoms with Crippen molar-refractivity contribution < 1.29 is 8.78 Å². The fourth-order valence-electron chi connectivity index (χ4n) is 1.72. The topological polar surface area (TPSA) is 42.2 Å². The number of para-hydroxylation sites is 1. The van der Waals surface area contributed by atoms with Crippen molar-refractivity contribution in [3.05, 3.63) is 53.0 Å². The van der Waals surface area contributed by atoms with E-state index in [-0.39, 0.29) is 11.5 Å². The minimum atomic E-state index is -0.688. The largest absolute Gasteiger partial charge is 0.332 e. The molecule has 2 heterocycles. The van der Waals surface area contributed by atoms with E-state index in [0.717, 1.165) is 0 Å². The molecule has 3 rings (SSSR count). The van der Waals surface area contributed by atoms with E-state index in [1.807, 2.05) is 0 Å². The first kappa shape index (κ1) is 12.0. The predicted octanol–water partition coefficient (Wildman–Crippen LogP) is 3.51. The van der Waals surface area contributed by atoms with Crippen LogP contribution in [-0.4, -0.2) is 14.4 Å². The number of hydrogen-bond acceptors (Lipinski definition) is 3. The number of imidazole rings is 1. The Bertz CT molecular complexity index is 736. The van der Waals surface area contributed by atoms with Crippen LogP contribution in [0.1, 0.15) is 0 Å². The zero-order chi connectivity index (χ0) is 13.4. The average Bonchev–Trinajstić information content (AvgIpc) is 2.81. The second kappa shape index (κ2) is 4.58. The normalized spacial score (nSPS) is 10.9. The zero-order valence-corrected chi connectivity index (χ0v) is 11.0. The lowest BCUT2D eigenvalue weighted by Crippen LogP contribution is -2.02. The monoisotopic (exact) mass is 324 g/mol. The van der Waals surface area contributed by atoms with Crippen molar-refractivity contribution in [2.45, 2.75) is 0 Å². The summed E-state index contributed by atoms with van der Waals surface area (Å²) < 4.78 is 29.4. The van der Waals surface area contributed by atoms with E-state index in [2.05, 4.69) is 31.2 Å². The van der Waals surface area contributed by atoms with Crippen molar-refractivity contribution in [3.8, 4) is 0 Å². The molecule has 19 heavy (non-hydrogen) atoms. The third kappa shape index (κ3) is 2.17. The van der Waals surface area contributed by atoms with Gasteiger partial charge in [-0.25, -0.2) is 18.7 Å². The van der Waals surface area contributed by atoms with E-state index in [1.165, 1.54) is 18.2 Å². The molecule has 0 fully saturated rings. The van der Waals surface area contributed by atoms with Gasteiger partial charge in [-0.05, 0) is 28.1 Å². The predicted molar refractivity (Wildman–Crippen MR) is 70.3 cm³/mol. The summed E-state index contributed by atoms with van der Waals surface area (Å²) in [6.45, 7) is 0. The lowest BCUT2D eigenvalue weighted by Gasteiger charge is -2.09. The smallest absolute Gasteiger partial charge is 0.180 e. The molecule has 3 aromatic rings. The summed E-state index contributed by atoms with van der Waals surface area (Å²) in [6.07, 6.45) is 4.99. The molecule has 0 bridgehead atoms. The van der Waals surface area contributed by atoms with Gasteiger partial charge in [-0.1, -0.05) is 6.07 Å². The number of aromatic nitrogens is 3. The molecule has 0 saturated heterocycles. The molecule has 0 saturated carbocycles. The molecule has 0 atom stereocenters. The molecule has 0 aliphatic heterocycles. The lowest BCUT2D eigenvalue weighted by molar-refractivity contribution is 0.590. The number of halogens is 3. The summed E-state index contributed by atoms with van der Waals surface area (Å²) in [4.78, 5) is 8.23. The fraction of sp³-hybridized carbons (Fsp3) is 0. The maximum Gasteiger partial charge on any atom is 0.180 e. The molecule has 4 nitrogen and oxygen atoms in total. The lowest BCUT2D eigenvalue weighted by atomic mass is 10.3. The first-order valence-electron chi connectivity index (χ1n) is 5.35. The van der Waals surface area contributed by atoms with Gasteiger partial charge in [0.05, 0.1) is 0 Å². The van der Waals surface area contributed by atoms with Crippen molar-refractivity contribution >= 4 is 33.1 Å². The van der Waals surface area contributed by atoms with E-state index in [4.69, 9.17) is 0 Å². The summed E-state index contributed by atoms with van der Waals surface area (Å²) in [7, 11) is 0. The minimum Gasteiger partial charge on any atom is -0.332 e. The summed E-state index contributed by atoms with van der Waals surface area (Å²) >= 11 is 3.23. The Morgan fingerprint density at radius 1 is 1.21 bits per heavy atom. The van der Waals surface area contributed by atoms with E-state index < -0.39 is 11.6 Å². The molecule has 96 valence electrons. The third-order valence-electron chi connectivity index (χ3n) is 2.55. The van der Waals surface area contributed by atoms with Crippen molar-refractivity contribution in [3.63, 3.8) is 0 Å². The number of fused-ring (bicyclic) bond motifs is 1. The molecule has 7 heteroatoms. The van der Waals surface area contributed by atoms with E-state index in [9.17, 15) is 8.78 Å². The van der Waals surface area contributed by atoms with Gasteiger partial charge in [0.1, 0.15) is 21.9 Å². The van der Waals surface area contributed by atoms with Crippen LogP contribution in [0.2, 0.25) is 0 Å². The average molecular weight is 325 g/mol. The SMILES string of the molecule is Fc1cccc(F)c1Nc1nc(Br)cn2ccnc12. The molecule has 1 N–H and O–H groups in total. The highest BCUT2D eigenvalue weighted by atomic mass is 79.9. The Balaban J connectivity index is 2.13. The van der Waals surface area contributed by atoms with Gasteiger partial charge in [0, 0.05) is 18.6 Å². The van der Waals surface area contributed by atoms with Gasteiger partial charge in [-0.3, -0.25) is 0 Å². The summed E-state index contributed by atoms with van der Waals surface area (Å²) in [5, 5.41) is 2.64. The van der Waals surface area contributed by atoms with Crippen molar-refractivity contribution in [2.24, 2.45) is 0 Å². The van der Waals surface area contributed by atoms with E-state index >= 15 is 0 Å². The molecule has 0 aliphatic rings. The Morgan fingerprint density at radius 2 is 1.95 bits per heavy atom. The summed E-state index contributed by atoms with van der Waals surface area (Å²) in [5.41, 5.74) is 0.226. The molecular formula is C12H7BrF2N4. The molecule has 0 aliphatic carbocycles. The zero-order valence-electron chi connectivity index (χ0n) is 9.44. The number of nitrogens with zero attached hydrogens (tertiary/aromatic N) is 3. The van der Waals surface area contributed by atoms with E-state index in [0.29, 0.717) is 10.3 Å². The van der Waals surface area contributed by atoms with Crippen LogP contribution >= 0.6 is 15.9 Å². The molecule has 0 spiro atoms. The second-order valence-electron chi connectivity index (χ2n) is 3.79. The Morgan fingerprint density at radius 3 is 2.68 bits per heavy atom. The van der Waals surface area contributed by atoms with Crippen LogP contribution in [0.3, 0.4) is 0 Å². The van der Waals surface area contributed by atoms with Crippen LogP contribution in [-0.2, 0) is 0 Å². The van der Waals surface area contributed by atoms with Crippen molar-refractivity contribution in [2.75, 3.05) is 5.32 Å². The van der Waals surface area contributed by atoms with Gasteiger partial charge < -0.3 is 9.72 Å². The van der Waals surface area contributed by atoms with Crippen LogP contribution in [0.5, 0.6) is 0 Å². The van der Waals surface area contributed by atoms with Crippen LogP contribution in [0.15, 0.2) is 41.4 Å². The maximum atomic E-state index is 13.6. The van der Waals surface area contributed by atoms with Crippen molar-refractivity contribution in [1.29, 1.82) is 0 Å². The highest BCUT2D eigenvalue weighted by Crippen LogP contribution is 2.25. The van der Waals surface area contributed by atoms with Gasteiger partial charge in [-0.2, -0.15) is 0 Å².